The summed E-state index contributed by atoms with van der Waals surface area (Å²) in [6.07, 6.45) is -0.737. The van der Waals surface area contributed by atoms with Crippen molar-refractivity contribution >= 4 is 11.9 Å². The number of ether oxygens (including phenoxy) is 1. The van der Waals surface area contributed by atoms with Gasteiger partial charge in [0.1, 0.15) is 12.3 Å². The van der Waals surface area contributed by atoms with Crippen LogP contribution in [0.1, 0.15) is 37.8 Å². The second-order valence-electron chi connectivity index (χ2n) is 5.04. The highest BCUT2D eigenvalue weighted by atomic mass is 16.5. The lowest BCUT2D eigenvalue weighted by molar-refractivity contribution is -0.139. The maximum atomic E-state index is 11.6. The standard InChI is InChI=1S/C15H21NO4/c1-9(2)13-6-5-12(7-10(13)3)20-11(4)15(19)16-8-14(17)18/h5-7,9,11H,8H2,1-4H3,(H,16,19)(H,17,18). The summed E-state index contributed by atoms with van der Waals surface area (Å²) in [5.74, 6) is -0.495. The van der Waals surface area contributed by atoms with Gasteiger partial charge in [-0.2, -0.15) is 0 Å². The van der Waals surface area contributed by atoms with Crippen LogP contribution in [0.5, 0.6) is 5.75 Å². The minimum absolute atomic E-state index is 0.405. The van der Waals surface area contributed by atoms with E-state index >= 15 is 0 Å². The molecule has 0 aliphatic carbocycles. The number of aryl methyl sites for hydroxylation is 1. The van der Waals surface area contributed by atoms with Crippen molar-refractivity contribution in [2.45, 2.75) is 39.7 Å². The van der Waals surface area contributed by atoms with Crippen LogP contribution in [-0.2, 0) is 9.59 Å². The highest BCUT2D eigenvalue weighted by molar-refractivity contribution is 5.84. The zero-order valence-electron chi connectivity index (χ0n) is 12.3. The maximum absolute atomic E-state index is 11.6. The molecule has 0 spiro atoms. The summed E-state index contributed by atoms with van der Waals surface area (Å²) in [4.78, 5) is 22.0. The fourth-order valence-electron chi connectivity index (χ4n) is 1.93. The van der Waals surface area contributed by atoms with Crippen molar-refractivity contribution in [3.05, 3.63) is 29.3 Å². The summed E-state index contributed by atoms with van der Waals surface area (Å²) in [5.41, 5.74) is 2.34. The molecule has 5 nitrogen and oxygen atoms in total. The molecule has 0 aromatic heterocycles. The average Bonchev–Trinajstić information content (AvgIpc) is 2.35. The van der Waals surface area contributed by atoms with Gasteiger partial charge in [0, 0.05) is 0 Å². The van der Waals surface area contributed by atoms with Gasteiger partial charge in [-0.1, -0.05) is 19.9 Å². The highest BCUT2D eigenvalue weighted by Crippen LogP contribution is 2.24. The van der Waals surface area contributed by atoms with Crippen molar-refractivity contribution in [1.82, 2.24) is 5.32 Å². The third kappa shape index (κ3) is 4.57. The third-order valence-electron chi connectivity index (χ3n) is 2.96. The number of nitrogens with one attached hydrogen (secondary N) is 1. The molecule has 5 heteroatoms. The predicted octanol–water partition coefficient (Wildman–Crippen LogP) is 2.09. The van der Waals surface area contributed by atoms with E-state index in [1.54, 1.807) is 6.92 Å². The number of carbonyl (C=O) groups is 2. The van der Waals surface area contributed by atoms with Gasteiger partial charge in [0.15, 0.2) is 6.10 Å². The minimum atomic E-state index is -1.08. The molecule has 0 aliphatic heterocycles. The Balaban J connectivity index is 2.66. The number of hydrogen-bond acceptors (Lipinski definition) is 3. The lowest BCUT2D eigenvalue weighted by Crippen LogP contribution is -2.39. The van der Waals surface area contributed by atoms with Crippen LogP contribution in [0.4, 0.5) is 0 Å². The molecule has 1 atom stereocenters. The highest BCUT2D eigenvalue weighted by Gasteiger charge is 2.15. The Morgan fingerprint density at radius 2 is 1.95 bits per heavy atom. The summed E-state index contributed by atoms with van der Waals surface area (Å²) in [7, 11) is 0. The molecule has 2 N–H and O–H groups in total. The minimum Gasteiger partial charge on any atom is -0.481 e. The van der Waals surface area contributed by atoms with Crippen LogP contribution in [0.3, 0.4) is 0 Å². The van der Waals surface area contributed by atoms with Crippen molar-refractivity contribution in [3.8, 4) is 5.75 Å². The molecule has 0 saturated carbocycles. The van der Waals surface area contributed by atoms with Gasteiger partial charge in [-0.25, -0.2) is 0 Å². The lowest BCUT2D eigenvalue weighted by atomic mass is 9.98. The quantitative estimate of drug-likeness (QED) is 0.836. The smallest absolute Gasteiger partial charge is 0.322 e. The first-order chi connectivity index (χ1) is 9.31. The van der Waals surface area contributed by atoms with Gasteiger partial charge in [0.2, 0.25) is 0 Å². The number of aliphatic carboxylic acids is 1. The molecule has 110 valence electrons. The SMILES string of the molecule is Cc1cc(OC(C)C(=O)NCC(=O)O)ccc1C(C)C. The lowest BCUT2D eigenvalue weighted by Gasteiger charge is -2.16. The van der Waals surface area contributed by atoms with Gasteiger partial charge in [0.25, 0.3) is 5.91 Å². The van der Waals surface area contributed by atoms with E-state index in [2.05, 4.69) is 19.2 Å². The number of amides is 1. The number of hydrogen-bond donors (Lipinski definition) is 2. The topological polar surface area (TPSA) is 75.6 Å². The first-order valence-corrected chi connectivity index (χ1v) is 6.58. The third-order valence-corrected chi connectivity index (χ3v) is 2.96. The van der Waals surface area contributed by atoms with Gasteiger partial charge in [-0.05, 0) is 43.0 Å². The fraction of sp³-hybridized carbons (Fsp3) is 0.467. The molecular weight excluding hydrogens is 258 g/mol. The van der Waals surface area contributed by atoms with Crippen molar-refractivity contribution in [2.24, 2.45) is 0 Å². The summed E-state index contributed by atoms with van der Waals surface area (Å²) in [6, 6.07) is 5.69. The molecule has 1 aromatic rings. The van der Waals surface area contributed by atoms with Crippen LogP contribution in [0.2, 0.25) is 0 Å². The molecule has 1 aromatic carbocycles. The molecule has 0 heterocycles. The number of rotatable bonds is 6. The Bertz CT molecular complexity index is 497. The van der Waals surface area contributed by atoms with E-state index in [0.29, 0.717) is 11.7 Å². The Labute approximate surface area is 118 Å². The Kier molecular flexibility index (Phi) is 5.55. The van der Waals surface area contributed by atoms with Crippen molar-refractivity contribution in [1.29, 1.82) is 0 Å². The van der Waals surface area contributed by atoms with E-state index in [1.807, 2.05) is 25.1 Å². The largest absolute Gasteiger partial charge is 0.481 e. The fourth-order valence-corrected chi connectivity index (χ4v) is 1.93. The van der Waals surface area contributed by atoms with Gasteiger partial charge in [0.05, 0.1) is 0 Å². The van der Waals surface area contributed by atoms with Crippen LogP contribution in [0, 0.1) is 6.92 Å². The Hall–Kier alpha value is -2.04. The molecule has 1 amide bonds. The van der Waals surface area contributed by atoms with Crippen molar-refractivity contribution in [3.63, 3.8) is 0 Å². The number of carbonyl (C=O) groups excluding carboxylic acids is 1. The van der Waals surface area contributed by atoms with Crippen LogP contribution in [0.15, 0.2) is 18.2 Å². The van der Waals surface area contributed by atoms with E-state index in [9.17, 15) is 9.59 Å². The monoisotopic (exact) mass is 279 g/mol. The number of carboxylic acids is 1. The van der Waals surface area contributed by atoms with E-state index < -0.39 is 24.5 Å². The van der Waals surface area contributed by atoms with E-state index in [-0.39, 0.29) is 0 Å². The zero-order chi connectivity index (χ0) is 15.3. The van der Waals surface area contributed by atoms with Crippen molar-refractivity contribution in [2.75, 3.05) is 6.54 Å². The summed E-state index contributed by atoms with van der Waals surface area (Å²) in [6.45, 7) is 7.41. The van der Waals surface area contributed by atoms with Gasteiger partial charge < -0.3 is 15.2 Å². The molecule has 0 fully saturated rings. The molecule has 20 heavy (non-hydrogen) atoms. The van der Waals surface area contributed by atoms with Crippen LogP contribution in [0.25, 0.3) is 0 Å². The zero-order valence-corrected chi connectivity index (χ0v) is 12.3. The molecule has 0 bridgehead atoms. The van der Waals surface area contributed by atoms with Gasteiger partial charge in [-0.3, -0.25) is 9.59 Å². The molecule has 0 aliphatic rings. The van der Waals surface area contributed by atoms with Crippen LogP contribution in [-0.4, -0.2) is 29.6 Å². The summed E-state index contributed by atoms with van der Waals surface area (Å²) < 4.78 is 5.52. The molecule has 1 rings (SSSR count). The molecule has 0 saturated heterocycles. The second kappa shape index (κ2) is 6.93. The van der Waals surface area contributed by atoms with Gasteiger partial charge >= 0.3 is 5.97 Å². The number of benzene rings is 1. The Morgan fingerprint density at radius 3 is 2.45 bits per heavy atom. The average molecular weight is 279 g/mol. The first-order valence-electron chi connectivity index (χ1n) is 6.58. The summed E-state index contributed by atoms with van der Waals surface area (Å²) in [5, 5.41) is 10.8. The summed E-state index contributed by atoms with van der Waals surface area (Å²) >= 11 is 0. The molecule has 0 radical (unpaired) electrons. The maximum Gasteiger partial charge on any atom is 0.322 e. The van der Waals surface area contributed by atoms with Crippen LogP contribution < -0.4 is 10.1 Å². The molecular formula is C15H21NO4. The van der Waals surface area contributed by atoms with Crippen LogP contribution >= 0.6 is 0 Å². The Morgan fingerprint density at radius 1 is 1.30 bits per heavy atom. The van der Waals surface area contributed by atoms with Gasteiger partial charge in [-0.15, -0.1) is 0 Å². The first kappa shape index (κ1) is 16.0. The van der Waals surface area contributed by atoms with E-state index in [0.717, 1.165) is 5.56 Å². The van der Waals surface area contributed by atoms with Crippen molar-refractivity contribution < 1.29 is 19.4 Å². The normalized spacial score (nSPS) is 12.1. The van der Waals surface area contributed by atoms with E-state index in [1.165, 1.54) is 5.56 Å². The molecule has 1 unspecified atom stereocenters. The predicted molar refractivity (Wildman–Crippen MR) is 76.0 cm³/mol. The number of carboxylic acid groups (broad SMARTS) is 1. The second-order valence-corrected chi connectivity index (χ2v) is 5.04. The van der Waals surface area contributed by atoms with E-state index in [4.69, 9.17) is 9.84 Å².